The zero-order valence-corrected chi connectivity index (χ0v) is 13.9. The fraction of sp³-hybridized carbons (Fsp3) is 0.500. The standard InChI is InChI=1S/C16H18ClF3N2O2/c1-10(23)22(8-7-21-15(24)11-3-2-4-11)14-9-12(16(18,19)20)5-6-13(14)17/h5-6,9,11H,2-4,7-8H2,1H3,(H,21,24). The van der Waals surface area contributed by atoms with Gasteiger partial charge in [-0.15, -0.1) is 0 Å². The zero-order valence-electron chi connectivity index (χ0n) is 13.1. The number of hydrogen-bond donors (Lipinski definition) is 1. The molecule has 1 aliphatic carbocycles. The van der Waals surface area contributed by atoms with E-state index < -0.39 is 17.6 Å². The van der Waals surface area contributed by atoms with Gasteiger partial charge in [-0.05, 0) is 31.0 Å². The highest BCUT2D eigenvalue weighted by atomic mass is 35.5. The Labute approximate surface area is 143 Å². The van der Waals surface area contributed by atoms with E-state index in [4.69, 9.17) is 11.6 Å². The first-order chi connectivity index (χ1) is 11.2. The number of rotatable bonds is 5. The Balaban J connectivity index is 2.09. The molecule has 0 saturated heterocycles. The van der Waals surface area contributed by atoms with Crippen molar-refractivity contribution in [3.05, 3.63) is 28.8 Å². The fourth-order valence-electron chi connectivity index (χ4n) is 2.45. The number of benzene rings is 1. The molecule has 0 heterocycles. The number of nitrogens with one attached hydrogen (secondary N) is 1. The van der Waals surface area contributed by atoms with E-state index >= 15 is 0 Å². The molecule has 24 heavy (non-hydrogen) atoms. The summed E-state index contributed by atoms with van der Waals surface area (Å²) >= 11 is 5.96. The lowest BCUT2D eigenvalue weighted by molar-refractivity contribution is -0.137. The van der Waals surface area contributed by atoms with Crippen LogP contribution in [-0.4, -0.2) is 24.9 Å². The summed E-state index contributed by atoms with van der Waals surface area (Å²) < 4.78 is 38.6. The van der Waals surface area contributed by atoms with Gasteiger partial charge < -0.3 is 10.2 Å². The molecule has 1 fully saturated rings. The number of alkyl halides is 3. The van der Waals surface area contributed by atoms with Gasteiger partial charge in [0.2, 0.25) is 11.8 Å². The monoisotopic (exact) mass is 362 g/mol. The predicted octanol–water partition coefficient (Wildman–Crippen LogP) is 3.63. The third kappa shape index (κ3) is 4.41. The van der Waals surface area contributed by atoms with E-state index in [-0.39, 0.29) is 35.6 Å². The minimum atomic E-state index is -4.53. The van der Waals surface area contributed by atoms with E-state index in [2.05, 4.69) is 5.32 Å². The fourth-order valence-corrected chi connectivity index (χ4v) is 2.67. The largest absolute Gasteiger partial charge is 0.416 e. The normalized spacial score (nSPS) is 14.9. The van der Waals surface area contributed by atoms with Crippen LogP contribution in [0.15, 0.2) is 18.2 Å². The average Bonchev–Trinajstić information content (AvgIpc) is 2.41. The molecule has 2 amide bonds. The average molecular weight is 363 g/mol. The molecule has 0 aromatic heterocycles. The van der Waals surface area contributed by atoms with Crippen LogP contribution in [0.5, 0.6) is 0 Å². The maximum Gasteiger partial charge on any atom is 0.416 e. The van der Waals surface area contributed by atoms with Crippen LogP contribution in [0.3, 0.4) is 0 Å². The van der Waals surface area contributed by atoms with Gasteiger partial charge in [-0.2, -0.15) is 13.2 Å². The van der Waals surface area contributed by atoms with Gasteiger partial charge in [0.05, 0.1) is 16.3 Å². The Morgan fingerprint density at radius 2 is 2.00 bits per heavy atom. The van der Waals surface area contributed by atoms with Crippen molar-refractivity contribution >= 4 is 29.1 Å². The first-order valence-electron chi connectivity index (χ1n) is 7.62. The minimum absolute atomic E-state index is 0.00734. The van der Waals surface area contributed by atoms with Gasteiger partial charge in [0.1, 0.15) is 0 Å². The van der Waals surface area contributed by atoms with Gasteiger partial charge in [0.25, 0.3) is 0 Å². The molecule has 1 N–H and O–H groups in total. The Morgan fingerprint density at radius 3 is 2.50 bits per heavy atom. The van der Waals surface area contributed by atoms with E-state index in [9.17, 15) is 22.8 Å². The maximum atomic E-state index is 12.9. The smallest absolute Gasteiger partial charge is 0.354 e. The van der Waals surface area contributed by atoms with Crippen LogP contribution in [0.25, 0.3) is 0 Å². The van der Waals surface area contributed by atoms with E-state index in [0.29, 0.717) is 0 Å². The number of carbonyl (C=O) groups is 2. The Kier molecular flexibility index (Phi) is 5.74. The summed E-state index contributed by atoms with van der Waals surface area (Å²) in [4.78, 5) is 24.7. The summed E-state index contributed by atoms with van der Waals surface area (Å²) in [5.41, 5.74) is -0.900. The highest BCUT2D eigenvalue weighted by molar-refractivity contribution is 6.33. The van der Waals surface area contributed by atoms with Gasteiger partial charge in [-0.1, -0.05) is 18.0 Å². The van der Waals surface area contributed by atoms with Crippen molar-refractivity contribution in [1.82, 2.24) is 5.32 Å². The van der Waals surface area contributed by atoms with Gasteiger partial charge in [-0.25, -0.2) is 0 Å². The lowest BCUT2D eigenvalue weighted by atomic mass is 9.85. The van der Waals surface area contributed by atoms with Crippen LogP contribution in [0, 0.1) is 5.92 Å². The molecule has 1 saturated carbocycles. The van der Waals surface area contributed by atoms with Crippen molar-refractivity contribution < 1.29 is 22.8 Å². The number of halogens is 4. The quantitative estimate of drug-likeness (QED) is 0.869. The number of anilines is 1. The molecule has 4 nitrogen and oxygen atoms in total. The Bertz CT molecular complexity index is 630. The third-order valence-corrected chi connectivity index (χ3v) is 4.37. The second kappa shape index (κ2) is 7.42. The maximum absolute atomic E-state index is 12.9. The Morgan fingerprint density at radius 1 is 1.33 bits per heavy atom. The molecule has 1 aromatic rings. The molecule has 0 aliphatic heterocycles. The number of carbonyl (C=O) groups excluding carboxylic acids is 2. The van der Waals surface area contributed by atoms with Crippen LogP contribution in [0.1, 0.15) is 31.7 Å². The molecular formula is C16H18ClF3N2O2. The molecule has 1 aromatic carbocycles. The summed E-state index contributed by atoms with van der Waals surface area (Å²) in [6.07, 6.45) is -1.80. The second-order valence-corrected chi connectivity index (χ2v) is 6.16. The summed E-state index contributed by atoms with van der Waals surface area (Å²) in [6.45, 7) is 1.45. The topological polar surface area (TPSA) is 49.4 Å². The molecular weight excluding hydrogens is 345 g/mol. The number of nitrogens with zero attached hydrogens (tertiary/aromatic N) is 1. The highest BCUT2D eigenvalue weighted by Crippen LogP contribution is 2.35. The van der Waals surface area contributed by atoms with Crippen molar-refractivity contribution in [2.75, 3.05) is 18.0 Å². The summed E-state index contributed by atoms with van der Waals surface area (Å²) in [5.74, 6) is -0.526. The second-order valence-electron chi connectivity index (χ2n) is 5.75. The zero-order chi connectivity index (χ0) is 17.9. The van der Waals surface area contributed by atoms with Crippen molar-refractivity contribution in [3.63, 3.8) is 0 Å². The van der Waals surface area contributed by atoms with E-state index in [1.54, 1.807) is 0 Å². The van der Waals surface area contributed by atoms with Crippen molar-refractivity contribution in [1.29, 1.82) is 0 Å². The third-order valence-electron chi connectivity index (χ3n) is 4.05. The van der Waals surface area contributed by atoms with Crippen molar-refractivity contribution in [3.8, 4) is 0 Å². The van der Waals surface area contributed by atoms with Crippen LogP contribution < -0.4 is 10.2 Å². The summed E-state index contributed by atoms with van der Waals surface area (Å²) in [7, 11) is 0. The van der Waals surface area contributed by atoms with Crippen LogP contribution in [-0.2, 0) is 15.8 Å². The molecule has 0 bridgehead atoms. The molecule has 2 rings (SSSR count). The van der Waals surface area contributed by atoms with Crippen molar-refractivity contribution in [2.45, 2.75) is 32.4 Å². The van der Waals surface area contributed by atoms with E-state index in [0.717, 1.165) is 42.4 Å². The molecule has 132 valence electrons. The molecule has 8 heteroatoms. The summed E-state index contributed by atoms with van der Waals surface area (Å²) in [6, 6.07) is 2.82. The van der Waals surface area contributed by atoms with Crippen LogP contribution in [0.2, 0.25) is 5.02 Å². The van der Waals surface area contributed by atoms with Gasteiger partial charge in [-0.3, -0.25) is 9.59 Å². The number of amides is 2. The van der Waals surface area contributed by atoms with Crippen LogP contribution >= 0.6 is 11.6 Å². The molecule has 0 radical (unpaired) electrons. The first kappa shape index (κ1) is 18.6. The minimum Gasteiger partial charge on any atom is -0.354 e. The predicted molar refractivity (Wildman–Crippen MR) is 84.8 cm³/mol. The number of hydrogen-bond acceptors (Lipinski definition) is 2. The van der Waals surface area contributed by atoms with Crippen LogP contribution in [0.4, 0.5) is 18.9 Å². The van der Waals surface area contributed by atoms with Crippen molar-refractivity contribution in [2.24, 2.45) is 5.92 Å². The van der Waals surface area contributed by atoms with E-state index in [1.165, 1.54) is 6.92 Å². The van der Waals surface area contributed by atoms with E-state index in [1.807, 2.05) is 0 Å². The molecule has 0 unspecified atom stereocenters. The molecule has 1 aliphatic rings. The molecule has 0 atom stereocenters. The van der Waals surface area contributed by atoms with Gasteiger partial charge >= 0.3 is 6.18 Å². The first-order valence-corrected chi connectivity index (χ1v) is 8.00. The highest BCUT2D eigenvalue weighted by Gasteiger charge is 2.32. The lowest BCUT2D eigenvalue weighted by Gasteiger charge is -2.26. The summed E-state index contributed by atoms with van der Waals surface area (Å²) in [5, 5.41) is 2.75. The van der Waals surface area contributed by atoms with Gasteiger partial charge in [0.15, 0.2) is 0 Å². The van der Waals surface area contributed by atoms with Gasteiger partial charge in [0, 0.05) is 25.9 Å². The molecule has 0 spiro atoms. The SMILES string of the molecule is CC(=O)N(CCNC(=O)C1CCC1)c1cc(C(F)(F)F)ccc1Cl. The Hall–Kier alpha value is -1.76. The lowest BCUT2D eigenvalue weighted by Crippen LogP contribution is -2.41.